The van der Waals surface area contributed by atoms with Crippen LogP contribution in [0.5, 0.6) is 0 Å². The van der Waals surface area contributed by atoms with Crippen LogP contribution in [0.4, 0.5) is 0 Å². The highest BCUT2D eigenvalue weighted by molar-refractivity contribution is 8.00. The van der Waals surface area contributed by atoms with Crippen LogP contribution in [0.1, 0.15) is 32.1 Å². The van der Waals surface area contributed by atoms with Crippen molar-refractivity contribution in [1.82, 2.24) is 0 Å². The molecular formula is C8H18ClNS. The van der Waals surface area contributed by atoms with Crippen LogP contribution in [-0.2, 0) is 0 Å². The standard InChI is InChI=1S/C8H17NS.ClH/c1-10-8(7-9)5-3-2-4-6-8;/h2-7,9H2,1H3;1H. The zero-order valence-corrected chi connectivity index (χ0v) is 8.77. The zero-order valence-electron chi connectivity index (χ0n) is 7.14. The van der Waals surface area contributed by atoms with Gasteiger partial charge in [0.1, 0.15) is 0 Å². The van der Waals surface area contributed by atoms with Crippen molar-refractivity contribution >= 4 is 24.2 Å². The molecule has 0 amide bonds. The molecule has 0 saturated heterocycles. The summed E-state index contributed by atoms with van der Waals surface area (Å²) in [6.07, 6.45) is 9.06. The summed E-state index contributed by atoms with van der Waals surface area (Å²) >= 11 is 1.97. The summed E-state index contributed by atoms with van der Waals surface area (Å²) in [5, 5.41) is 0. The number of halogens is 1. The molecule has 0 aromatic heterocycles. The van der Waals surface area contributed by atoms with Crippen molar-refractivity contribution in [2.24, 2.45) is 5.73 Å². The minimum absolute atomic E-state index is 0. The van der Waals surface area contributed by atoms with E-state index in [0.717, 1.165) is 6.54 Å². The van der Waals surface area contributed by atoms with Gasteiger partial charge in [-0.25, -0.2) is 0 Å². The smallest absolute Gasteiger partial charge is 0.0279 e. The maximum Gasteiger partial charge on any atom is 0.0279 e. The molecule has 0 bridgehead atoms. The number of nitrogens with two attached hydrogens (primary N) is 1. The lowest BCUT2D eigenvalue weighted by atomic mass is 9.88. The van der Waals surface area contributed by atoms with E-state index in [1.165, 1.54) is 32.1 Å². The Labute approximate surface area is 79.9 Å². The first kappa shape index (κ1) is 11.6. The molecule has 2 N–H and O–H groups in total. The van der Waals surface area contributed by atoms with E-state index in [9.17, 15) is 0 Å². The molecule has 68 valence electrons. The average Bonchev–Trinajstić information content (AvgIpc) is 2.06. The normalized spacial score (nSPS) is 22.4. The molecule has 0 radical (unpaired) electrons. The first-order valence-corrected chi connectivity index (χ1v) is 5.31. The van der Waals surface area contributed by atoms with Crippen molar-refractivity contribution in [1.29, 1.82) is 0 Å². The van der Waals surface area contributed by atoms with Gasteiger partial charge in [0.2, 0.25) is 0 Å². The SMILES string of the molecule is CSC1(CN)CCCCC1.Cl. The molecule has 11 heavy (non-hydrogen) atoms. The molecule has 1 saturated carbocycles. The first-order chi connectivity index (χ1) is 4.83. The third-order valence-corrected chi connectivity index (χ3v) is 4.01. The highest BCUT2D eigenvalue weighted by Crippen LogP contribution is 2.37. The lowest BCUT2D eigenvalue weighted by molar-refractivity contribution is 0.404. The van der Waals surface area contributed by atoms with Gasteiger partial charge in [-0.3, -0.25) is 0 Å². The molecular weight excluding hydrogens is 178 g/mol. The second-order valence-corrected chi connectivity index (χ2v) is 4.43. The van der Waals surface area contributed by atoms with Gasteiger partial charge >= 0.3 is 0 Å². The van der Waals surface area contributed by atoms with E-state index in [-0.39, 0.29) is 12.4 Å². The van der Waals surface area contributed by atoms with E-state index >= 15 is 0 Å². The fourth-order valence-electron chi connectivity index (χ4n) is 1.69. The highest BCUT2D eigenvalue weighted by atomic mass is 35.5. The maximum absolute atomic E-state index is 5.73. The van der Waals surface area contributed by atoms with E-state index in [1.54, 1.807) is 0 Å². The molecule has 1 aliphatic carbocycles. The summed E-state index contributed by atoms with van der Waals surface area (Å²) in [5.41, 5.74) is 5.73. The Kier molecular flexibility index (Phi) is 5.57. The number of thioether (sulfide) groups is 1. The summed E-state index contributed by atoms with van der Waals surface area (Å²) in [6.45, 7) is 0.869. The summed E-state index contributed by atoms with van der Waals surface area (Å²) in [5.74, 6) is 0. The fraction of sp³-hybridized carbons (Fsp3) is 1.00. The van der Waals surface area contributed by atoms with E-state index < -0.39 is 0 Å². The van der Waals surface area contributed by atoms with Crippen LogP contribution < -0.4 is 5.73 Å². The van der Waals surface area contributed by atoms with Gasteiger partial charge in [0.25, 0.3) is 0 Å². The third kappa shape index (κ3) is 2.85. The molecule has 0 aliphatic heterocycles. The molecule has 1 fully saturated rings. The van der Waals surface area contributed by atoms with Gasteiger partial charge < -0.3 is 5.73 Å². The first-order valence-electron chi connectivity index (χ1n) is 4.08. The molecule has 0 aromatic rings. The van der Waals surface area contributed by atoms with Crippen LogP contribution in [0.15, 0.2) is 0 Å². The Morgan fingerprint density at radius 2 is 1.82 bits per heavy atom. The Morgan fingerprint density at radius 3 is 2.09 bits per heavy atom. The van der Waals surface area contributed by atoms with Crippen molar-refractivity contribution in [3.63, 3.8) is 0 Å². The minimum Gasteiger partial charge on any atom is -0.329 e. The van der Waals surface area contributed by atoms with Crippen LogP contribution in [-0.4, -0.2) is 17.5 Å². The van der Waals surface area contributed by atoms with Gasteiger partial charge in [-0.15, -0.1) is 12.4 Å². The van der Waals surface area contributed by atoms with E-state index in [0.29, 0.717) is 4.75 Å². The van der Waals surface area contributed by atoms with E-state index in [4.69, 9.17) is 5.73 Å². The maximum atomic E-state index is 5.73. The molecule has 0 unspecified atom stereocenters. The topological polar surface area (TPSA) is 26.0 Å². The molecule has 0 aromatic carbocycles. The summed E-state index contributed by atoms with van der Waals surface area (Å²) < 4.78 is 0.457. The largest absolute Gasteiger partial charge is 0.329 e. The molecule has 1 aliphatic rings. The summed E-state index contributed by atoms with van der Waals surface area (Å²) in [7, 11) is 0. The van der Waals surface area contributed by atoms with Crippen LogP contribution in [0, 0.1) is 0 Å². The van der Waals surface area contributed by atoms with Gasteiger partial charge in [0, 0.05) is 11.3 Å². The Morgan fingerprint density at radius 1 is 1.27 bits per heavy atom. The lowest BCUT2D eigenvalue weighted by Crippen LogP contribution is -2.36. The molecule has 0 heterocycles. The predicted octanol–water partition coefficient (Wildman–Crippen LogP) is 2.43. The van der Waals surface area contributed by atoms with Crippen molar-refractivity contribution in [2.45, 2.75) is 36.9 Å². The van der Waals surface area contributed by atoms with Gasteiger partial charge in [0.05, 0.1) is 0 Å². The zero-order chi connectivity index (χ0) is 7.45. The van der Waals surface area contributed by atoms with E-state index in [2.05, 4.69) is 6.26 Å². The summed E-state index contributed by atoms with van der Waals surface area (Å²) in [4.78, 5) is 0. The van der Waals surface area contributed by atoms with Crippen LogP contribution >= 0.6 is 24.2 Å². The predicted molar refractivity (Wildman–Crippen MR) is 55.6 cm³/mol. The second kappa shape index (κ2) is 5.28. The number of hydrogen-bond acceptors (Lipinski definition) is 2. The number of rotatable bonds is 2. The average molecular weight is 196 g/mol. The molecule has 1 rings (SSSR count). The fourth-order valence-corrected chi connectivity index (χ4v) is 2.55. The third-order valence-electron chi connectivity index (χ3n) is 2.57. The van der Waals surface area contributed by atoms with E-state index in [1.807, 2.05) is 11.8 Å². The van der Waals surface area contributed by atoms with Crippen molar-refractivity contribution in [2.75, 3.05) is 12.8 Å². The Hall–Kier alpha value is 0.600. The van der Waals surface area contributed by atoms with Gasteiger partial charge in [-0.1, -0.05) is 19.3 Å². The molecule has 0 atom stereocenters. The van der Waals surface area contributed by atoms with Gasteiger partial charge in [-0.2, -0.15) is 11.8 Å². The lowest BCUT2D eigenvalue weighted by Gasteiger charge is -2.34. The van der Waals surface area contributed by atoms with Crippen molar-refractivity contribution in [3.8, 4) is 0 Å². The van der Waals surface area contributed by atoms with Crippen LogP contribution in [0.3, 0.4) is 0 Å². The van der Waals surface area contributed by atoms with Gasteiger partial charge in [-0.05, 0) is 19.1 Å². The Bertz CT molecular complexity index is 96.3. The minimum atomic E-state index is 0. The Balaban J connectivity index is 0.000001000. The van der Waals surface area contributed by atoms with Crippen LogP contribution in [0.25, 0.3) is 0 Å². The molecule has 3 heteroatoms. The van der Waals surface area contributed by atoms with Crippen molar-refractivity contribution < 1.29 is 0 Å². The summed E-state index contributed by atoms with van der Waals surface area (Å²) in [6, 6.07) is 0. The molecule has 0 spiro atoms. The second-order valence-electron chi connectivity index (χ2n) is 3.15. The quantitative estimate of drug-likeness (QED) is 0.733. The molecule has 1 nitrogen and oxygen atoms in total. The highest BCUT2D eigenvalue weighted by Gasteiger charge is 2.28. The number of hydrogen-bond donors (Lipinski definition) is 1. The monoisotopic (exact) mass is 195 g/mol. The van der Waals surface area contributed by atoms with Gasteiger partial charge in [0.15, 0.2) is 0 Å². The van der Waals surface area contributed by atoms with Crippen LogP contribution in [0.2, 0.25) is 0 Å². The van der Waals surface area contributed by atoms with Crippen molar-refractivity contribution in [3.05, 3.63) is 0 Å².